The van der Waals surface area contributed by atoms with E-state index in [0.717, 1.165) is 40.7 Å². The van der Waals surface area contributed by atoms with Gasteiger partial charge in [0.05, 0.1) is 18.4 Å². The molecule has 8 nitrogen and oxygen atoms in total. The van der Waals surface area contributed by atoms with E-state index < -0.39 is 0 Å². The van der Waals surface area contributed by atoms with Gasteiger partial charge >= 0.3 is 0 Å². The maximum Gasteiger partial charge on any atom is 0.223 e. The Bertz CT molecular complexity index is 1220. The quantitative estimate of drug-likeness (QED) is 0.543. The van der Waals surface area contributed by atoms with Crippen LogP contribution in [0.15, 0.2) is 61.4 Å². The zero-order chi connectivity index (χ0) is 21.4. The van der Waals surface area contributed by atoms with E-state index in [1.165, 1.54) is 0 Å². The summed E-state index contributed by atoms with van der Waals surface area (Å²) in [6.07, 6.45) is 13.0. The Morgan fingerprint density at radius 2 is 1.65 bits per heavy atom. The predicted molar refractivity (Wildman–Crippen MR) is 117 cm³/mol. The summed E-state index contributed by atoms with van der Waals surface area (Å²) in [5.74, 6) is 0.877. The Labute approximate surface area is 180 Å². The van der Waals surface area contributed by atoms with Crippen molar-refractivity contribution in [2.24, 2.45) is 13.0 Å². The maximum absolute atomic E-state index is 11.7. The number of aryl methyl sites for hydroxylation is 1. The van der Waals surface area contributed by atoms with Crippen LogP contribution in [0, 0.1) is 5.92 Å². The number of hydrogen-bond donors (Lipinski definition) is 1. The molecule has 1 amide bonds. The van der Waals surface area contributed by atoms with Crippen LogP contribution in [0.2, 0.25) is 0 Å². The van der Waals surface area contributed by atoms with Gasteiger partial charge in [-0.3, -0.25) is 14.2 Å². The number of benzene rings is 1. The first-order valence-corrected chi connectivity index (χ1v) is 10.3. The highest BCUT2D eigenvalue weighted by Crippen LogP contribution is 2.38. The van der Waals surface area contributed by atoms with E-state index in [2.05, 4.69) is 37.6 Å². The van der Waals surface area contributed by atoms with Crippen molar-refractivity contribution in [3.05, 3.63) is 61.4 Å². The maximum atomic E-state index is 11.7. The number of carbonyl (C=O) groups excluding carboxylic acids is 1. The van der Waals surface area contributed by atoms with Gasteiger partial charge < -0.3 is 5.32 Å². The van der Waals surface area contributed by atoms with Gasteiger partial charge in [-0.1, -0.05) is 18.2 Å². The Kier molecular flexibility index (Phi) is 4.82. The number of aromatic nitrogens is 6. The van der Waals surface area contributed by atoms with Crippen LogP contribution in [0.4, 0.5) is 0 Å². The van der Waals surface area contributed by atoms with Crippen molar-refractivity contribution in [2.75, 3.05) is 7.05 Å². The third-order valence-electron chi connectivity index (χ3n) is 5.85. The lowest BCUT2D eigenvalue weighted by molar-refractivity contribution is -0.128. The first-order chi connectivity index (χ1) is 15.1. The fourth-order valence-corrected chi connectivity index (χ4v) is 3.94. The molecule has 0 unspecified atom stereocenters. The van der Waals surface area contributed by atoms with E-state index in [4.69, 9.17) is 0 Å². The molecule has 5 rings (SSSR count). The SMILES string of the molecule is CNC(=O)C1CC(n2cc(-c3cnc(-c4cccc(-c5cnn(C)c5)c4)nc3)cn2)C1. The molecule has 0 aliphatic heterocycles. The van der Waals surface area contributed by atoms with Gasteiger partial charge in [-0.2, -0.15) is 10.2 Å². The van der Waals surface area contributed by atoms with Gasteiger partial charge in [-0.15, -0.1) is 0 Å². The molecule has 156 valence electrons. The molecule has 0 spiro atoms. The molecule has 0 atom stereocenters. The summed E-state index contributed by atoms with van der Waals surface area (Å²) in [5, 5.41) is 11.4. The first kappa shape index (κ1) is 19.2. The van der Waals surface area contributed by atoms with Gasteiger partial charge in [0.2, 0.25) is 5.91 Å². The Balaban J connectivity index is 1.31. The normalized spacial score (nSPS) is 17.9. The van der Waals surface area contributed by atoms with Crippen LogP contribution < -0.4 is 5.32 Å². The van der Waals surface area contributed by atoms with Crippen LogP contribution in [-0.2, 0) is 11.8 Å². The predicted octanol–water partition coefficient (Wildman–Crippen LogP) is 3.10. The van der Waals surface area contributed by atoms with Gasteiger partial charge in [0.1, 0.15) is 0 Å². The molecule has 0 saturated heterocycles. The van der Waals surface area contributed by atoms with Crippen LogP contribution in [0.25, 0.3) is 33.6 Å². The summed E-state index contributed by atoms with van der Waals surface area (Å²) in [5.41, 5.74) is 4.98. The van der Waals surface area contributed by atoms with E-state index >= 15 is 0 Å². The standard InChI is InChI=1S/C23H23N7O/c1-24-23(31)17-7-21(8-17)30-14-20(12-28-30)18-9-25-22(26-10-18)16-5-3-4-15(6-16)19-11-27-29(2)13-19/h3-6,9-14,17,21H,7-8H2,1-2H3,(H,24,31). The smallest absolute Gasteiger partial charge is 0.223 e. The van der Waals surface area contributed by atoms with Crippen LogP contribution in [-0.4, -0.2) is 42.5 Å². The van der Waals surface area contributed by atoms with Gasteiger partial charge in [0.25, 0.3) is 0 Å². The van der Waals surface area contributed by atoms with Crippen molar-refractivity contribution in [1.29, 1.82) is 0 Å². The Morgan fingerprint density at radius 1 is 0.935 bits per heavy atom. The minimum atomic E-state index is 0.0905. The van der Waals surface area contributed by atoms with E-state index in [9.17, 15) is 4.79 Å². The number of hydrogen-bond acceptors (Lipinski definition) is 5. The summed E-state index contributed by atoms with van der Waals surface area (Å²) in [7, 11) is 3.59. The number of nitrogens with one attached hydrogen (secondary N) is 1. The van der Waals surface area contributed by atoms with Gasteiger partial charge in [-0.05, 0) is 24.5 Å². The van der Waals surface area contributed by atoms with Crippen molar-refractivity contribution in [1.82, 2.24) is 34.8 Å². The Hall–Kier alpha value is -3.81. The third-order valence-corrected chi connectivity index (χ3v) is 5.85. The van der Waals surface area contributed by atoms with Crippen molar-refractivity contribution in [2.45, 2.75) is 18.9 Å². The lowest BCUT2D eigenvalue weighted by Crippen LogP contribution is -2.38. The minimum Gasteiger partial charge on any atom is -0.359 e. The molecule has 3 aromatic heterocycles. The van der Waals surface area contributed by atoms with Gasteiger partial charge in [-0.25, -0.2) is 9.97 Å². The van der Waals surface area contributed by atoms with E-state index in [0.29, 0.717) is 5.82 Å². The lowest BCUT2D eigenvalue weighted by Gasteiger charge is -2.33. The summed E-state index contributed by atoms with van der Waals surface area (Å²) >= 11 is 0. The monoisotopic (exact) mass is 413 g/mol. The van der Waals surface area contributed by atoms with Crippen LogP contribution >= 0.6 is 0 Å². The molecule has 1 aliphatic rings. The third kappa shape index (κ3) is 3.72. The van der Waals surface area contributed by atoms with Crippen molar-refractivity contribution >= 4 is 5.91 Å². The fraction of sp³-hybridized carbons (Fsp3) is 0.261. The lowest BCUT2D eigenvalue weighted by atomic mass is 9.80. The fourth-order valence-electron chi connectivity index (χ4n) is 3.94. The molecule has 1 aromatic carbocycles. The topological polar surface area (TPSA) is 90.5 Å². The molecule has 1 saturated carbocycles. The van der Waals surface area contributed by atoms with Crippen LogP contribution in [0.3, 0.4) is 0 Å². The van der Waals surface area contributed by atoms with E-state index in [1.54, 1.807) is 11.7 Å². The summed E-state index contributed by atoms with van der Waals surface area (Å²) in [6.45, 7) is 0. The molecular formula is C23H23N7O. The molecule has 3 heterocycles. The molecule has 8 heteroatoms. The Morgan fingerprint density at radius 3 is 2.35 bits per heavy atom. The number of amides is 1. The highest BCUT2D eigenvalue weighted by Gasteiger charge is 2.35. The molecule has 31 heavy (non-hydrogen) atoms. The second-order valence-corrected chi connectivity index (χ2v) is 7.92. The second kappa shape index (κ2) is 7.79. The minimum absolute atomic E-state index is 0.0905. The average Bonchev–Trinajstić information content (AvgIpc) is 3.42. The molecule has 1 fully saturated rings. The molecule has 4 aromatic rings. The molecule has 0 bridgehead atoms. The van der Waals surface area contributed by atoms with Crippen molar-refractivity contribution < 1.29 is 4.79 Å². The highest BCUT2D eigenvalue weighted by atomic mass is 16.1. The summed E-state index contributed by atoms with van der Waals surface area (Å²) in [6, 6.07) is 8.41. The first-order valence-electron chi connectivity index (χ1n) is 10.3. The largest absolute Gasteiger partial charge is 0.359 e. The summed E-state index contributed by atoms with van der Waals surface area (Å²) < 4.78 is 3.73. The molecule has 1 aliphatic carbocycles. The number of rotatable bonds is 5. The van der Waals surface area contributed by atoms with Crippen LogP contribution in [0.1, 0.15) is 18.9 Å². The van der Waals surface area contributed by atoms with Gasteiger partial charge in [0.15, 0.2) is 5.82 Å². The van der Waals surface area contributed by atoms with E-state index in [-0.39, 0.29) is 17.9 Å². The molecule has 0 radical (unpaired) electrons. The molecule has 1 N–H and O–H groups in total. The van der Waals surface area contributed by atoms with Crippen molar-refractivity contribution in [3.8, 4) is 33.6 Å². The zero-order valence-electron chi connectivity index (χ0n) is 17.4. The highest BCUT2D eigenvalue weighted by molar-refractivity contribution is 5.79. The second-order valence-electron chi connectivity index (χ2n) is 7.92. The van der Waals surface area contributed by atoms with E-state index in [1.807, 2.05) is 61.0 Å². The number of nitrogens with zero attached hydrogens (tertiary/aromatic N) is 6. The zero-order valence-corrected chi connectivity index (χ0v) is 17.4. The van der Waals surface area contributed by atoms with Gasteiger partial charge in [0, 0.05) is 67.1 Å². The summed E-state index contributed by atoms with van der Waals surface area (Å²) in [4.78, 5) is 20.8. The molecular weight excluding hydrogens is 390 g/mol. The van der Waals surface area contributed by atoms with Crippen LogP contribution in [0.5, 0.6) is 0 Å². The number of carbonyl (C=O) groups is 1. The van der Waals surface area contributed by atoms with Crippen molar-refractivity contribution in [3.63, 3.8) is 0 Å². The average molecular weight is 413 g/mol.